The zero-order chi connectivity index (χ0) is 12.3. The molecule has 0 unspecified atom stereocenters. The van der Waals surface area contributed by atoms with Gasteiger partial charge in [-0.15, -0.1) is 0 Å². The fourth-order valence-electron chi connectivity index (χ4n) is 1.16. The normalized spacial score (nSPS) is 9.88. The van der Waals surface area contributed by atoms with E-state index in [0.717, 1.165) is 6.07 Å². The van der Waals surface area contributed by atoms with E-state index < -0.39 is 24.3 Å². The van der Waals surface area contributed by atoms with Crippen LogP contribution in [0.25, 0.3) is 0 Å². The molecule has 0 bridgehead atoms. The summed E-state index contributed by atoms with van der Waals surface area (Å²) in [5.41, 5.74) is 10.4. The number of carbonyl (C=O) groups is 2. The number of nitrogens with two attached hydrogens (primary N) is 2. The van der Waals surface area contributed by atoms with E-state index in [1.54, 1.807) is 0 Å². The average molecular weight is 226 g/mol. The molecule has 5 nitrogen and oxygen atoms in total. The lowest BCUT2D eigenvalue weighted by Crippen LogP contribution is -2.21. The van der Waals surface area contributed by atoms with Crippen LogP contribution in [0.4, 0.5) is 10.1 Å². The van der Waals surface area contributed by atoms with Crippen LogP contribution in [0.5, 0.6) is 0 Å². The first-order chi connectivity index (χ1) is 7.41. The van der Waals surface area contributed by atoms with Crippen LogP contribution in [0.15, 0.2) is 12.1 Å². The van der Waals surface area contributed by atoms with E-state index >= 15 is 0 Å². The van der Waals surface area contributed by atoms with Crippen LogP contribution in [-0.2, 0) is 9.53 Å². The van der Waals surface area contributed by atoms with Crippen LogP contribution in [0.2, 0.25) is 0 Å². The van der Waals surface area contributed by atoms with E-state index in [-0.39, 0.29) is 16.8 Å². The Hall–Kier alpha value is -2.11. The number of ether oxygens (including phenoxy) is 1. The van der Waals surface area contributed by atoms with Gasteiger partial charge in [0.25, 0.3) is 5.91 Å². The van der Waals surface area contributed by atoms with Gasteiger partial charge in [0, 0.05) is 5.69 Å². The second-order valence-electron chi connectivity index (χ2n) is 3.24. The quantitative estimate of drug-likeness (QED) is 0.574. The highest BCUT2D eigenvalue weighted by molar-refractivity contribution is 5.92. The molecule has 16 heavy (non-hydrogen) atoms. The smallest absolute Gasteiger partial charge is 0.341 e. The van der Waals surface area contributed by atoms with Gasteiger partial charge < -0.3 is 16.2 Å². The number of anilines is 1. The first-order valence-corrected chi connectivity index (χ1v) is 4.43. The van der Waals surface area contributed by atoms with Gasteiger partial charge in [0.15, 0.2) is 6.61 Å². The van der Waals surface area contributed by atoms with Crippen molar-refractivity contribution in [2.24, 2.45) is 5.73 Å². The summed E-state index contributed by atoms with van der Waals surface area (Å²) in [4.78, 5) is 21.7. The number of rotatable bonds is 3. The molecule has 0 aliphatic heterocycles. The van der Waals surface area contributed by atoms with Gasteiger partial charge in [0.1, 0.15) is 5.82 Å². The molecule has 6 heteroatoms. The molecule has 0 aromatic heterocycles. The molecule has 0 saturated carbocycles. The molecule has 1 rings (SSSR count). The maximum absolute atomic E-state index is 13.5. The van der Waals surface area contributed by atoms with Gasteiger partial charge >= 0.3 is 5.97 Å². The number of amides is 1. The molecule has 1 amide bonds. The van der Waals surface area contributed by atoms with E-state index in [0.29, 0.717) is 0 Å². The lowest BCUT2D eigenvalue weighted by atomic mass is 10.1. The molecular weight excluding hydrogens is 215 g/mol. The van der Waals surface area contributed by atoms with Crippen molar-refractivity contribution >= 4 is 17.6 Å². The van der Waals surface area contributed by atoms with E-state index in [2.05, 4.69) is 4.74 Å². The number of nitrogen functional groups attached to an aromatic ring is 1. The summed E-state index contributed by atoms with van der Waals surface area (Å²) in [5, 5.41) is 0. The highest BCUT2D eigenvalue weighted by Crippen LogP contribution is 2.17. The van der Waals surface area contributed by atoms with Crippen molar-refractivity contribution < 1.29 is 18.7 Å². The molecule has 0 spiro atoms. The lowest BCUT2D eigenvalue weighted by Gasteiger charge is -2.06. The molecule has 0 heterocycles. The number of hydrogen-bond acceptors (Lipinski definition) is 4. The molecule has 0 aliphatic rings. The number of primary amides is 1. The number of halogens is 1. The van der Waals surface area contributed by atoms with Crippen molar-refractivity contribution in [1.29, 1.82) is 0 Å². The van der Waals surface area contributed by atoms with Crippen molar-refractivity contribution in [3.63, 3.8) is 0 Å². The zero-order valence-electron chi connectivity index (χ0n) is 8.62. The van der Waals surface area contributed by atoms with Gasteiger partial charge in [-0.2, -0.15) is 0 Å². The number of hydrogen-bond donors (Lipinski definition) is 2. The highest BCUT2D eigenvalue weighted by Gasteiger charge is 2.16. The molecule has 0 fully saturated rings. The predicted molar refractivity (Wildman–Crippen MR) is 55.0 cm³/mol. The number of esters is 1. The van der Waals surface area contributed by atoms with Crippen molar-refractivity contribution in [1.82, 2.24) is 0 Å². The Labute approximate surface area is 91.2 Å². The van der Waals surface area contributed by atoms with Gasteiger partial charge in [-0.05, 0) is 24.6 Å². The Kier molecular flexibility index (Phi) is 3.44. The third-order valence-corrected chi connectivity index (χ3v) is 1.84. The van der Waals surface area contributed by atoms with Crippen molar-refractivity contribution in [3.8, 4) is 0 Å². The Morgan fingerprint density at radius 2 is 2.06 bits per heavy atom. The van der Waals surface area contributed by atoms with Crippen molar-refractivity contribution in [2.45, 2.75) is 6.92 Å². The van der Waals surface area contributed by atoms with E-state index in [1.165, 1.54) is 13.0 Å². The van der Waals surface area contributed by atoms with Crippen LogP contribution in [0.3, 0.4) is 0 Å². The topological polar surface area (TPSA) is 95.4 Å². The molecule has 0 atom stereocenters. The maximum atomic E-state index is 13.5. The average Bonchev–Trinajstić information content (AvgIpc) is 2.19. The lowest BCUT2D eigenvalue weighted by molar-refractivity contribution is -0.121. The summed E-state index contributed by atoms with van der Waals surface area (Å²) in [6.07, 6.45) is 0. The summed E-state index contributed by atoms with van der Waals surface area (Å²) >= 11 is 0. The Balaban J connectivity index is 2.95. The predicted octanol–water partition coefficient (Wildman–Crippen LogP) is 0.358. The fourth-order valence-corrected chi connectivity index (χ4v) is 1.16. The molecule has 86 valence electrons. The second-order valence-corrected chi connectivity index (χ2v) is 3.24. The minimum atomic E-state index is -0.966. The summed E-state index contributed by atoms with van der Waals surface area (Å²) in [6.45, 7) is 0.878. The van der Waals surface area contributed by atoms with Crippen molar-refractivity contribution in [3.05, 3.63) is 29.1 Å². The standard InChI is InChI=1S/C10H11FN2O3/c1-5-2-6(12)3-7(9(5)11)10(15)16-4-8(13)14/h2-3H,4,12H2,1H3,(H2,13,14). The number of benzene rings is 1. The van der Waals surface area contributed by atoms with Gasteiger partial charge in [-0.1, -0.05) is 0 Å². The largest absolute Gasteiger partial charge is 0.452 e. The molecule has 4 N–H and O–H groups in total. The van der Waals surface area contributed by atoms with Gasteiger partial charge in [-0.3, -0.25) is 4.79 Å². The van der Waals surface area contributed by atoms with Crippen LogP contribution in [-0.4, -0.2) is 18.5 Å². The van der Waals surface area contributed by atoms with Crippen molar-refractivity contribution in [2.75, 3.05) is 12.3 Å². The molecular formula is C10H11FN2O3. The summed E-state index contributed by atoms with van der Waals surface area (Å²) in [7, 11) is 0. The van der Waals surface area contributed by atoms with Crippen LogP contribution in [0, 0.1) is 12.7 Å². The third kappa shape index (κ3) is 2.69. The minimum absolute atomic E-state index is 0.228. The van der Waals surface area contributed by atoms with Crippen LogP contribution >= 0.6 is 0 Å². The van der Waals surface area contributed by atoms with Gasteiger partial charge in [-0.25, -0.2) is 9.18 Å². The molecule has 1 aromatic carbocycles. The first kappa shape index (κ1) is 12.0. The van der Waals surface area contributed by atoms with Crippen LogP contribution in [0.1, 0.15) is 15.9 Å². The minimum Gasteiger partial charge on any atom is -0.452 e. The SMILES string of the molecule is Cc1cc(N)cc(C(=O)OCC(N)=O)c1F. The summed E-state index contributed by atoms with van der Waals surface area (Å²) in [6, 6.07) is 2.53. The zero-order valence-corrected chi connectivity index (χ0v) is 8.62. The van der Waals surface area contributed by atoms with E-state index in [9.17, 15) is 14.0 Å². The first-order valence-electron chi connectivity index (χ1n) is 4.43. The second kappa shape index (κ2) is 4.61. The van der Waals surface area contributed by atoms with Gasteiger partial charge in [0.2, 0.25) is 0 Å². The molecule has 0 radical (unpaired) electrons. The summed E-state index contributed by atoms with van der Waals surface area (Å²) in [5.74, 6) is -2.50. The Morgan fingerprint density at radius 1 is 1.44 bits per heavy atom. The number of carbonyl (C=O) groups excluding carboxylic acids is 2. The Bertz CT molecular complexity index is 446. The van der Waals surface area contributed by atoms with E-state index in [1.807, 2.05) is 0 Å². The molecule has 1 aromatic rings. The maximum Gasteiger partial charge on any atom is 0.341 e. The monoisotopic (exact) mass is 226 g/mol. The van der Waals surface area contributed by atoms with Crippen LogP contribution < -0.4 is 11.5 Å². The Morgan fingerprint density at radius 3 is 2.62 bits per heavy atom. The van der Waals surface area contributed by atoms with E-state index in [4.69, 9.17) is 11.5 Å². The number of aryl methyl sites for hydroxylation is 1. The van der Waals surface area contributed by atoms with Gasteiger partial charge in [0.05, 0.1) is 5.56 Å². The summed E-state index contributed by atoms with van der Waals surface area (Å²) < 4.78 is 18.0. The molecule has 0 aliphatic carbocycles. The third-order valence-electron chi connectivity index (χ3n) is 1.84. The molecule has 0 saturated heterocycles. The fraction of sp³-hybridized carbons (Fsp3) is 0.200. The highest BCUT2D eigenvalue weighted by atomic mass is 19.1.